The van der Waals surface area contributed by atoms with E-state index in [9.17, 15) is 0 Å². The second-order valence-corrected chi connectivity index (χ2v) is 5.89. The van der Waals surface area contributed by atoms with Gasteiger partial charge in [-0.25, -0.2) is 0 Å². The minimum absolute atomic E-state index is 0.125. The normalized spacial score (nSPS) is 21.4. The van der Waals surface area contributed by atoms with E-state index in [1.807, 2.05) is 19.9 Å². The summed E-state index contributed by atoms with van der Waals surface area (Å²) in [4.78, 5) is 9.14. The summed E-state index contributed by atoms with van der Waals surface area (Å²) in [5, 5.41) is 12.3. The number of amidine groups is 1. The highest BCUT2D eigenvalue weighted by Gasteiger charge is 2.24. The number of anilines is 1. The molecule has 2 heterocycles. The number of aromatic nitrogens is 1. The molecular formula is C15H25N5O. The minimum atomic E-state index is 0.125. The molecule has 1 aliphatic heterocycles. The average Bonchev–Trinajstić information content (AvgIpc) is 2.57. The predicted octanol–water partition coefficient (Wildman–Crippen LogP) is 1.32. The highest BCUT2D eigenvalue weighted by molar-refractivity contribution is 6.03. The fourth-order valence-corrected chi connectivity index (χ4v) is 3.13. The van der Waals surface area contributed by atoms with Crippen LogP contribution in [-0.4, -0.2) is 53.7 Å². The molecule has 3 N–H and O–H groups in total. The standard InChI is InChI=1S/C15H25N5O/c1-10-8-13(14(12(3)17-10)15(16)18-21)20-7-5-6-19(4)9-11(20)2/h8,11,21H,5-7,9H2,1-4H3,(H2,16,18). The van der Waals surface area contributed by atoms with Gasteiger partial charge >= 0.3 is 0 Å². The van der Waals surface area contributed by atoms with E-state index in [2.05, 4.69) is 33.9 Å². The molecule has 21 heavy (non-hydrogen) atoms. The van der Waals surface area contributed by atoms with Crippen LogP contribution in [0.4, 0.5) is 5.69 Å². The molecule has 1 aromatic heterocycles. The van der Waals surface area contributed by atoms with Crippen LogP contribution >= 0.6 is 0 Å². The quantitative estimate of drug-likeness (QED) is 0.372. The lowest BCUT2D eigenvalue weighted by molar-refractivity contribution is 0.318. The summed E-state index contributed by atoms with van der Waals surface area (Å²) in [6.45, 7) is 9.13. The number of oxime groups is 1. The van der Waals surface area contributed by atoms with Crippen molar-refractivity contribution in [1.82, 2.24) is 9.88 Å². The maximum atomic E-state index is 9.08. The van der Waals surface area contributed by atoms with Gasteiger partial charge in [0.2, 0.25) is 0 Å². The van der Waals surface area contributed by atoms with Crippen LogP contribution in [0.2, 0.25) is 0 Å². The molecule has 1 atom stereocenters. The second-order valence-electron chi connectivity index (χ2n) is 5.89. The fourth-order valence-electron chi connectivity index (χ4n) is 3.13. The third-order valence-corrected chi connectivity index (χ3v) is 4.03. The Morgan fingerprint density at radius 1 is 1.43 bits per heavy atom. The van der Waals surface area contributed by atoms with Crippen LogP contribution in [0.15, 0.2) is 11.2 Å². The van der Waals surface area contributed by atoms with E-state index in [-0.39, 0.29) is 5.84 Å². The molecule has 0 saturated carbocycles. The first-order chi connectivity index (χ1) is 9.93. The summed E-state index contributed by atoms with van der Waals surface area (Å²) >= 11 is 0. The zero-order valence-corrected chi connectivity index (χ0v) is 13.3. The van der Waals surface area contributed by atoms with Crippen LogP contribution in [0, 0.1) is 13.8 Å². The molecule has 6 nitrogen and oxygen atoms in total. The molecule has 0 aromatic carbocycles. The van der Waals surface area contributed by atoms with Gasteiger partial charge in [-0.2, -0.15) is 0 Å². The molecule has 1 aliphatic rings. The second kappa shape index (κ2) is 6.30. The number of hydrogen-bond donors (Lipinski definition) is 2. The molecule has 0 amide bonds. The van der Waals surface area contributed by atoms with Crippen molar-refractivity contribution in [3.63, 3.8) is 0 Å². The lowest BCUT2D eigenvalue weighted by Crippen LogP contribution is -2.39. The van der Waals surface area contributed by atoms with Gasteiger partial charge in [0.05, 0.1) is 16.9 Å². The van der Waals surface area contributed by atoms with Crippen LogP contribution < -0.4 is 10.6 Å². The molecule has 116 valence electrons. The molecule has 6 heteroatoms. The van der Waals surface area contributed by atoms with Gasteiger partial charge in [0.15, 0.2) is 5.84 Å². The maximum Gasteiger partial charge on any atom is 0.174 e. The Kier molecular flexibility index (Phi) is 4.67. The van der Waals surface area contributed by atoms with Gasteiger partial charge in [-0.1, -0.05) is 5.16 Å². The Balaban J connectivity index is 2.51. The smallest absolute Gasteiger partial charge is 0.174 e. The lowest BCUT2D eigenvalue weighted by Gasteiger charge is -2.32. The monoisotopic (exact) mass is 291 g/mol. The van der Waals surface area contributed by atoms with Crippen molar-refractivity contribution in [1.29, 1.82) is 0 Å². The molecule has 2 rings (SSSR count). The summed E-state index contributed by atoms with van der Waals surface area (Å²) in [6, 6.07) is 2.39. The molecule has 0 spiro atoms. The van der Waals surface area contributed by atoms with Crippen LogP contribution in [0.1, 0.15) is 30.3 Å². The minimum Gasteiger partial charge on any atom is -0.409 e. The van der Waals surface area contributed by atoms with Crippen LogP contribution in [0.3, 0.4) is 0 Å². The van der Waals surface area contributed by atoms with Crippen molar-refractivity contribution in [2.75, 3.05) is 31.6 Å². The predicted molar refractivity (Wildman–Crippen MR) is 85.1 cm³/mol. The Labute approximate surface area is 126 Å². The van der Waals surface area contributed by atoms with Crippen molar-refractivity contribution in [3.8, 4) is 0 Å². The third kappa shape index (κ3) is 3.26. The molecule has 0 bridgehead atoms. The largest absolute Gasteiger partial charge is 0.409 e. The summed E-state index contributed by atoms with van der Waals surface area (Å²) < 4.78 is 0. The maximum absolute atomic E-state index is 9.08. The Morgan fingerprint density at radius 3 is 2.81 bits per heavy atom. The number of likely N-dealkylation sites (N-methyl/N-ethyl adjacent to an activating group) is 1. The Hall–Kier alpha value is -1.82. The summed E-state index contributed by atoms with van der Waals surface area (Å²) in [6.07, 6.45) is 1.09. The molecule has 1 fully saturated rings. The highest BCUT2D eigenvalue weighted by atomic mass is 16.4. The lowest BCUT2D eigenvalue weighted by atomic mass is 10.1. The molecule has 1 aromatic rings. The summed E-state index contributed by atoms with van der Waals surface area (Å²) in [5.41, 5.74) is 9.38. The fraction of sp³-hybridized carbons (Fsp3) is 0.600. The Morgan fingerprint density at radius 2 is 2.14 bits per heavy atom. The first-order valence-corrected chi connectivity index (χ1v) is 7.35. The molecule has 0 aliphatic carbocycles. The van der Waals surface area contributed by atoms with Gasteiger partial charge in [0, 0.05) is 24.8 Å². The SMILES string of the molecule is Cc1cc(N2CCCN(C)CC2C)c(/C(N)=N/O)c(C)n1. The van der Waals surface area contributed by atoms with Gasteiger partial charge < -0.3 is 20.7 Å². The van der Waals surface area contributed by atoms with Gasteiger partial charge in [0.1, 0.15) is 0 Å². The van der Waals surface area contributed by atoms with E-state index >= 15 is 0 Å². The molecule has 0 radical (unpaired) electrons. The van der Waals surface area contributed by atoms with Crippen molar-refractivity contribution in [2.24, 2.45) is 10.9 Å². The van der Waals surface area contributed by atoms with E-state index < -0.39 is 0 Å². The van der Waals surface area contributed by atoms with Crippen LogP contribution in [-0.2, 0) is 0 Å². The first kappa shape index (κ1) is 15.6. The van der Waals surface area contributed by atoms with Crippen LogP contribution in [0.25, 0.3) is 0 Å². The van der Waals surface area contributed by atoms with Crippen molar-refractivity contribution < 1.29 is 5.21 Å². The van der Waals surface area contributed by atoms with E-state index in [0.717, 1.165) is 48.7 Å². The first-order valence-electron chi connectivity index (χ1n) is 7.35. The number of nitrogens with zero attached hydrogens (tertiary/aromatic N) is 4. The summed E-state index contributed by atoms with van der Waals surface area (Å²) in [5.74, 6) is 0.125. The van der Waals surface area contributed by atoms with Crippen LogP contribution in [0.5, 0.6) is 0 Å². The highest BCUT2D eigenvalue weighted by Crippen LogP contribution is 2.27. The number of nitrogens with two attached hydrogens (primary N) is 1. The third-order valence-electron chi connectivity index (χ3n) is 4.03. The van der Waals surface area contributed by atoms with Gasteiger partial charge in [0.25, 0.3) is 0 Å². The van der Waals surface area contributed by atoms with Gasteiger partial charge in [-0.3, -0.25) is 4.98 Å². The van der Waals surface area contributed by atoms with E-state index in [1.54, 1.807) is 0 Å². The zero-order valence-electron chi connectivity index (χ0n) is 13.3. The number of pyridine rings is 1. The zero-order chi connectivity index (χ0) is 15.6. The molecule has 1 unspecified atom stereocenters. The van der Waals surface area contributed by atoms with Crippen molar-refractivity contribution in [2.45, 2.75) is 33.2 Å². The molecule has 1 saturated heterocycles. The number of rotatable bonds is 2. The molecular weight excluding hydrogens is 266 g/mol. The average molecular weight is 291 g/mol. The van der Waals surface area contributed by atoms with E-state index in [1.165, 1.54) is 0 Å². The van der Waals surface area contributed by atoms with E-state index in [4.69, 9.17) is 10.9 Å². The Bertz CT molecular complexity index is 543. The van der Waals surface area contributed by atoms with Gasteiger partial charge in [-0.05, 0) is 46.9 Å². The van der Waals surface area contributed by atoms with Crippen molar-refractivity contribution in [3.05, 3.63) is 23.0 Å². The topological polar surface area (TPSA) is 78.0 Å². The van der Waals surface area contributed by atoms with E-state index in [0.29, 0.717) is 6.04 Å². The number of hydrogen-bond acceptors (Lipinski definition) is 5. The van der Waals surface area contributed by atoms with Gasteiger partial charge in [-0.15, -0.1) is 0 Å². The summed E-state index contributed by atoms with van der Waals surface area (Å²) in [7, 11) is 2.15. The number of aryl methyl sites for hydroxylation is 2. The van der Waals surface area contributed by atoms with Crippen molar-refractivity contribution >= 4 is 11.5 Å².